The first kappa shape index (κ1) is 71.4. The molecule has 0 aliphatic heterocycles. The first-order chi connectivity index (χ1) is 50.0. The van der Waals surface area contributed by atoms with Crippen LogP contribution in [-0.4, -0.2) is 100 Å². The number of halogens is 14. The molecule has 12 aromatic rings. The van der Waals surface area contributed by atoms with E-state index < -0.39 is 151 Å². The molecule has 6 N–H and O–H groups in total. The summed E-state index contributed by atoms with van der Waals surface area (Å²) in [6.45, 7) is -1.74. The van der Waals surface area contributed by atoms with E-state index in [0.717, 1.165) is 36.8 Å². The summed E-state index contributed by atoms with van der Waals surface area (Å²) in [5, 5.41) is 23.6. The fourth-order valence-corrected chi connectivity index (χ4v) is 16.4. The van der Waals surface area contributed by atoms with Crippen LogP contribution in [0.3, 0.4) is 0 Å². The molecule has 552 valence electrons. The number of aromatic amines is 2. The smallest absolute Gasteiger partial charge is 0.293 e. The lowest BCUT2D eigenvalue weighted by atomic mass is 9.93. The zero-order chi connectivity index (χ0) is 75.4. The lowest BCUT2D eigenvalue weighted by molar-refractivity contribution is -0.123. The van der Waals surface area contributed by atoms with Gasteiger partial charge < -0.3 is 20.6 Å². The average Bonchev–Trinajstić information content (AvgIpc) is 1.52. The Morgan fingerprint density at radius 2 is 0.906 bits per heavy atom. The molecular formula is C68H54Cl2F12N16O6S2. The molecule has 0 spiro atoms. The number of nitrogens with zero attached hydrogens (tertiary/aromatic N) is 10. The van der Waals surface area contributed by atoms with E-state index in [4.69, 9.17) is 33.2 Å². The standard InChI is InChI=1S/2C34H27ClF6N8O3S/c2*1-48-29-18(3-4-22(35)26(29)33(46-48)47-53(2,51)52)19-10-15-5-6-42-32(15)44-27(19)23(9-14-7-16(36)11-17(37)8-14)43-24(50)13-49-30-25(28(45-49)31(38)39)20-12-21(20)34(30,40)41/h2*3-8,10-11,20-21,23,31H,9,12-13H2,1-2H3,(H,42,44)(H,43,50)(H,46,47)/t20-,21+,23?;20-,21+,23+/m00/s1. The van der Waals surface area contributed by atoms with Gasteiger partial charge >= 0.3 is 0 Å². The minimum absolute atomic E-state index is 0.0417. The van der Waals surface area contributed by atoms with Crippen molar-refractivity contribution in [3.05, 3.63) is 187 Å². The molecule has 2 amide bonds. The number of hydrogen-bond acceptors (Lipinski definition) is 12. The van der Waals surface area contributed by atoms with E-state index in [9.17, 15) is 61.5 Å². The van der Waals surface area contributed by atoms with Gasteiger partial charge in [-0.05, 0) is 109 Å². The van der Waals surface area contributed by atoms with Gasteiger partial charge in [-0.15, -0.1) is 0 Å². The van der Waals surface area contributed by atoms with Gasteiger partial charge in [0.2, 0.25) is 31.9 Å². The Hall–Kier alpha value is -10.2. The molecule has 6 atom stereocenters. The summed E-state index contributed by atoms with van der Waals surface area (Å²) in [6, 6.07) is 16.3. The predicted molar refractivity (Wildman–Crippen MR) is 364 cm³/mol. The molecule has 8 aromatic heterocycles. The Labute approximate surface area is 600 Å². The van der Waals surface area contributed by atoms with Gasteiger partial charge in [-0.1, -0.05) is 35.3 Å². The number of benzene rings is 4. The molecule has 8 heterocycles. The minimum Gasteiger partial charge on any atom is -0.346 e. The highest BCUT2D eigenvalue weighted by Gasteiger charge is 2.68. The van der Waals surface area contributed by atoms with Gasteiger partial charge in [-0.2, -0.15) is 38.0 Å². The minimum atomic E-state index is -3.79. The summed E-state index contributed by atoms with van der Waals surface area (Å²) in [5.41, 5.74) is -0.0320. The molecule has 0 saturated heterocycles. The van der Waals surface area contributed by atoms with Crippen LogP contribution in [0.4, 0.5) is 64.3 Å². The van der Waals surface area contributed by atoms with Gasteiger partial charge in [-0.3, -0.25) is 37.8 Å². The molecule has 2 fully saturated rings. The molecular weight excluding hydrogens is 1500 g/mol. The summed E-state index contributed by atoms with van der Waals surface area (Å²) >= 11 is 13.1. The number of amides is 2. The van der Waals surface area contributed by atoms with Crippen molar-refractivity contribution in [3.8, 4) is 22.3 Å². The van der Waals surface area contributed by atoms with Crippen LogP contribution in [0.25, 0.3) is 66.1 Å². The number of fused-ring (bicyclic) bond motifs is 10. The number of aryl methyl sites for hydroxylation is 2. The normalized spacial score (nSPS) is 18.1. The molecule has 106 heavy (non-hydrogen) atoms. The summed E-state index contributed by atoms with van der Waals surface area (Å²) in [4.78, 5) is 43.2. The van der Waals surface area contributed by atoms with Crippen molar-refractivity contribution in [2.24, 2.45) is 25.9 Å². The lowest BCUT2D eigenvalue weighted by Crippen LogP contribution is -2.35. The summed E-state index contributed by atoms with van der Waals surface area (Å²) < 4.78 is 232. The molecule has 0 bridgehead atoms. The monoisotopic (exact) mass is 1550 g/mol. The SMILES string of the molecule is Cn1nc(NS(C)(=O)=O)c2c(Cl)ccc(-c3cc4cc[nH]c4nc3C(Cc3cc(F)cc(F)c3)NC(=O)Cn3nc(C(F)F)c4c3C(F)(F)[C@@H]3C[C@H]43)c21.Cn1nc(NS(C)(=O)=O)c2c(Cl)ccc(-c3cc4cc[nH]c4nc3[C@@H](Cc3cc(F)cc(F)c3)NC(=O)Cn3nc(C(F)F)c4c3C(F)(F)[C@@H]3C[C@H]43)c21. The van der Waals surface area contributed by atoms with Crippen LogP contribution in [0.1, 0.15) is 106 Å². The van der Waals surface area contributed by atoms with Crippen molar-refractivity contribution < 1.29 is 79.1 Å². The van der Waals surface area contributed by atoms with Gasteiger partial charge in [0.05, 0.1) is 67.8 Å². The Balaban J connectivity index is 0.000000170. The highest BCUT2D eigenvalue weighted by atomic mass is 35.5. The number of anilines is 2. The maximum atomic E-state index is 15.3. The number of pyridine rings is 2. The van der Waals surface area contributed by atoms with Crippen LogP contribution < -0.4 is 20.1 Å². The first-order valence-corrected chi connectivity index (χ1v) is 36.8. The Kier molecular flexibility index (Phi) is 17.4. The molecule has 22 nitrogen and oxygen atoms in total. The Morgan fingerprint density at radius 1 is 0.538 bits per heavy atom. The number of alkyl halides is 8. The van der Waals surface area contributed by atoms with E-state index in [2.05, 4.69) is 50.4 Å². The number of sulfonamides is 2. The highest BCUT2D eigenvalue weighted by Crippen LogP contribution is 2.69. The van der Waals surface area contributed by atoms with Crippen molar-refractivity contribution in [3.63, 3.8) is 0 Å². The van der Waals surface area contributed by atoms with Crippen LogP contribution in [0.15, 0.2) is 97.3 Å². The van der Waals surface area contributed by atoms with Crippen LogP contribution in [0, 0.1) is 35.1 Å². The average molecular weight is 1550 g/mol. The molecule has 0 radical (unpaired) electrons. The van der Waals surface area contributed by atoms with Gasteiger partial charge in [-0.25, -0.2) is 61.9 Å². The van der Waals surface area contributed by atoms with Crippen molar-refractivity contribution >= 4 is 111 Å². The van der Waals surface area contributed by atoms with Gasteiger partial charge in [0.15, 0.2) is 11.6 Å². The van der Waals surface area contributed by atoms with Crippen LogP contribution in [-0.2, 0) is 81.5 Å². The second-order valence-electron chi connectivity index (χ2n) is 26.6. The molecule has 1 unspecified atom stereocenters. The van der Waals surface area contributed by atoms with Gasteiger partial charge in [0, 0.05) is 94.6 Å². The Bertz CT molecular complexity index is 5530. The fourth-order valence-electron chi connectivity index (χ4n) is 14.9. The number of aromatic nitrogens is 12. The number of hydrogen-bond donors (Lipinski definition) is 6. The lowest BCUT2D eigenvalue weighted by Gasteiger charge is -2.23. The first-order valence-electron chi connectivity index (χ1n) is 32.3. The van der Waals surface area contributed by atoms with Gasteiger partial charge in [0.1, 0.15) is 70.4 Å². The molecule has 2 saturated carbocycles. The largest absolute Gasteiger partial charge is 0.346 e. The zero-order valence-electron chi connectivity index (χ0n) is 55.1. The Morgan fingerprint density at radius 3 is 1.25 bits per heavy atom. The van der Waals surface area contributed by atoms with Crippen molar-refractivity contribution in [2.75, 3.05) is 22.0 Å². The topological polar surface area (TPSA) is 279 Å². The molecule has 38 heteroatoms. The van der Waals surface area contributed by atoms with E-state index in [1.54, 1.807) is 62.9 Å². The van der Waals surface area contributed by atoms with E-state index in [0.29, 0.717) is 76.9 Å². The quantitative estimate of drug-likeness (QED) is 0.0389. The van der Waals surface area contributed by atoms with Crippen molar-refractivity contribution in [1.82, 2.24) is 69.7 Å². The van der Waals surface area contributed by atoms with Crippen LogP contribution >= 0.6 is 23.2 Å². The van der Waals surface area contributed by atoms with Crippen LogP contribution in [0.2, 0.25) is 10.0 Å². The number of carbonyl (C=O) groups excluding carboxylic acids is 2. The van der Waals surface area contributed by atoms with Crippen molar-refractivity contribution in [1.29, 1.82) is 0 Å². The number of H-pyrrole nitrogens is 2. The number of rotatable bonds is 20. The second-order valence-corrected chi connectivity index (χ2v) is 30.9. The van der Waals surface area contributed by atoms with E-state index in [1.807, 2.05) is 0 Å². The summed E-state index contributed by atoms with van der Waals surface area (Å²) in [5.74, 6) is -16.3. The van der Waals surface area contributed by atoms with Gasteiger partial charge in [0.25, 0.3) is 24.7 Å². The van der Waals surface area contributed by atoms with E-state index >= 15 is 17.6 Å². The third kappa shape index (κ3) is 12.9. The fraction of sp³-hybridized carbons (Fsp3) is 0.294. The summed E-state index contributed by atoms with van der Waals surface area (Å²) in [6.07, 6.45) is -1.62. The number of nitrogens with one attached hydrogen (secondary N) is 6. The third-order valence-corrected chi connectivity index (χ3v) is 20.9. The van der Waals surface area contributed by atoms with E-state index in [1.165, 1.54) is 21.5 Å². The second kappa shape index (κ2) is 25.8. The van der Waals surface area contributed by atoms with E-state index in [-0.39, 0.29) is 91.8 Å². The maximum absolute atomic E-state index is 15.3. The number of carbonyl (C=O) groups is 2. The van der Waals surface area contributed by atoms with Crippen LogP contribution in [0.5, 0.6) is 0 Å². The van der Waals surface area contributed by atoms with Crippen molar-refractivity contribution in [2.45, 2.75) is 87.4 Å². The maximum Gasteiger partial charge on any atom is 0.293 e. The molecule has 4 aliphatic rings. The third-order valence-electron chi connectivity index (χ3n) is 19.1. The molecule has 4 aliphatic carbocycles. The summed E-state index contributed by atoms with van der Waals surface area (Å²) in [7, 11) is -4.47. The zero-order valence-corrected chi connectivity index (χ0v) is 58.3. The highest BCUT2D eigenvalue weighted by molar-refractivity contribution is 7.92. The molecule has 16 rings (SSSR count). The predicted octanol–water partition coefficient (Wildman–Crippen LogP) is 13.7. The molecule has 4 aromatic carbocycles.